The number of amides is 3. The number of rotatable bonds is 9. The molecule has 0 saturated heterocycles. The van der Waals surface area contributed by atoms with Crippen LogP contribution in [0.2, 0.25) is 5.02 Å². The van der Waals surface area contributed by atoms with Crippen molar-refractivity contribution in [1.82, 2.24) is 16.0 Å². The van der Waals surface area contributed by atoms with E-state index in [0.717, 1.165) is 37.7 Å². The molecule has 1 aromatic rings. The molecule has 144 valence electrons. The van der Waals surface area contributed by atoms with Crippen molar-refractivity contribution in [2.75, 3.05) is 6.54 Å². The first-order valence-corrected chi connectivity index (χ1v) is 10.1. The minimum absolute atomic E-state index is 0.171. The van der Waals surface area contributed by atoms with Gasteiger partial charge in [0.2, 0.25) is 5.91 Å². The molecule has 0 spiro atoms. The third-order valence-electron chi connectivity index (χ3n) is 4.70. The zero-order chi connectivity index (χ0) is 18.6. The highest BCUT2D eigenvalue weighted by atomic mass is 35.5. The van der Waals surface area contributed by atoms with Crippen molar-refractivity contribution in [3.05, 3.63) is 34.9 Å². The summed E-state index contributed by atoms with van der Waals surface area (Å²) in [6, 6.07) is 7.61. The van der Waals surface area contributed by atoms with E-state index in [9.17, 15) is 9.59 Å². The van der Waals surface area contributed by atoms with Gasteiger partial charge in [-0.2, -0.15) is 0 Å². The molecule has 1 aromatic carbocycles. The Kier molecular flexibility index (Phi) is 9.32. The molecule has 0 unspecified atom stereocenters. The van der Waals surface area contributed by atoms with Crippen LogP contribution in [0.3, 0.4) is 0 Å². The standard InChI is InChI=1S/C20H30ClN3O2/c21-17-12-10-16(11-13-17)15-23-20(26)22-14-6-2-5-9-19(25)24-18-7-3-1-4-8-18/h10-13,18H,1-9,14-15H2,(H,24,25)(H2,22,23,26). The van der Waals surface area contributed by atoms with Crippen molar-refractivity contribution < 1.29 is 9.59 Å². The molecular weight excluding hydrogens is 350 g/mol. The van der Waals surface area contributed by atoms with Crippen LogP contribution in [0, 0.1) is 0 Å². The summed E-state index contributed by atoms with van der Waals surface area (Å²) in [5.74, 6) is 0.172. The molecule has 1 saturated carbocycles. The summed E-state index contributed by atoms with van der Waals surface area (Å²) in [7, 11) is 0. The van der Waals surface area contributed by atoms with Crippen molar-refractivity contribution in [3.8, 4) is 0 Å². The topological polar surface area (TPSA) is 70.2 Å². The van der Waals surface area contributed by atoms with Crippen LogP contribution in [0.4, 0.5) is 4.79 Å². The lowest BCUT2D eigenvalue weighted by Crippen LogP contribution is -2.36. The van der Waals surface area contributed by atoms with Gasteiger partial charge in [0, 0.05) is 30.6 Å². The molecule has 1 aliphatic carbocycles. The fourth-order valence-corrected chi connectivity index (χ4v) is 3.31. The minimum atomic E-state index is -0.171. The van der Waals surface area contributed by atoms with Crippen LogP contribution in [0.1, 0.15) is 63.4 Å². The number of hydrogen-bond donors (Lipinski definition) is 3. The Labute approximate surface area is 161 Å². The highest BCUT2D eigenvalue weighted by molar-refractivity contribution is 6.30. The fourth-order valence-electron chi connectivity index (χ4n) is 3.18. The van der Waals surface area contributed by atoms with E-state index >= 15 is 0 Å². The van der Waals surface area contributed by atoms with Gasteiger partial charge in [-0.1, -0.05) is 49.4 Å². The third kappa shape index (κ3) is 8.56. The third-order valence-corrected chi connectivity index (χ3v) is 4.95. The molecule has 5 nitrogen and oxygen atoms in total. The van der Waals surface area contributed by atoms with Gasteiger partial charge in [-0.15, -0.1) is 0 Å². The smallest absolute Gasteiger partial charge is 0.315 e. The molecule has 2 rings (SSSR count). The van der Waals surface area contributed by atoms with Gasteiger partial charge in [0.05, 0.1) is 0 Å². The Morgan fingerprint density at radius 3 is 2.42 bits per heavy atom. The molecule has 3 amide bonds. The number of halogens is 1. The first kappa shape index (κ1) is 20.6. The molecule has 0 atom stereocenters. The second kappa shape index (κ2) is 11.8. The molecule has 0 bridgehead atoms. The highest BCUT2D eigenvalue weighted by Crippen LogP contribution is 2.17. The van der Waals surface area contributed by atoms with E-state index in [4.69, 9.17) is 11.6 Å². The predicted octanol–water partition coefficient (Wildman–Crippen LogP) is 4.15. The highest BCUT2D eigenvalue weighted by Gasteiger charge is 2.15. The van der Waals surface area contributed by atoms with E-state index in [1.807, 2.05) is 12.1 Å². The lowest BCUT2D eigenvalue weighted by atomic mass is 9.95. The lowest BCUT2D eigenvalue weighted by molar-refractivity contribution is -0.122. The number of carbonyl (C=O) groups excluding carboxylic acids is 2. The average molecular weight is 380 g/mol. The number of urea groups is 1. The minimum Gasteiger partial charge on any atom is -0.353 e. The fraction of sp³-hybridized carbons (Fsp3) is 0.600. The number of carbonyl (C=O) groups is 2. The van der Waals surface area contributed by atoms with Gasteiger partial charge in [-0.05, 0) is 43.4 Å². The van der Waals surface area contributed by atoms with Crippen molar-refractivity contribution in [1.29, 1.82) is 0 Å². The Balaban J connectivity index is 1.45. The summed E-state index contributed by atoms with van der Waals surface area (Å²) >= 11 is 5.83. The van der Waals surface area contributed by atoms with Crippen molar-refractivity contribution >= 4 is 23.5 Å². The number of benzene rings is 1. The summed E-state index contributed by atoms with van der Waals surface area (Å²) < 4.78 is 0. The predicted molar refractivity (Wildman–Crippen MR) is 105 cm³/mol. The van der Waals surface area contributed by atoms with Crippen LogP contribution < -0.4 is 16.0 Å². The van der Waals surface area contributed by atoms with Crippen molar-refractivity contribution in [3.63, 3.8) is 0 Å². The van der Waals surface area contributed by atoms with E-state index in [-0.39, 0.29) is 11.9 Å². The molecule has 26 heavy (non-hydrogen) atoms. The first-order chi connectivity index (χ1) is 12.6. The Morgan fingerprint density at radius 1 is 0.962 bits per heavy atom. The van der Waals surface area contributed by atoms with E-state index in [2.05, 4.69) is 16.0 Å². The quantitative estimate of drug-likeness (QED) is 0.564. The monoisotopic (exact) mass is 379 g/mol. The van der Waals surface area contributed by atoms with Gasteiger partial charge in [-0.25, -0.2) is 4.79 Å². The summed E-state index contributed by atoms with van der Waals surface area (Å²) in [6.07, 6.45) is 9.29. The van der Waals surface area contributed by atoms with Crippen molar-refractivity contribution in [2.45, 2.75) is 70.4 Å². The second-order valence-electron chi connectivity index (χ2n) is 6.95. The van der Waals surface area contributed by atoms with Crippen LogP contribution in [-0.2, 0) is 11.3 Å². The van der Waals surface area contributed by atoms with Crippen LogP contribution >= 0.6 is 11.6 Å². The molecule has 0 heterocycles. The van der Waals surface area contributed by atoms with Crippen molar-refractivity contribution in [2.24, 2.45) is 0 Å². The zero-order valence-corrected chi connectivity index (χ0v) is 16.1. The van der Waals surface area contributed by atoms with Gasteiger partial charge >= 0.3 is 6.03 Å². The summed E-state index contributed by atoms with van der Waals surface area (Å²) in [5, 5.41) is 9.48. The Morgan fingerprint density at radius 2 is 1.69 bits per heavy atom. The molecule has 1 aliphatic rings. The SMILES string of the molecule is O=C(CCCCCNC(=O)NCc1ccc(Cl)cc1)NC1CCCCC1. The lowest BCUT2D eigenvalue weighted by Gasteiger charge is -2.22. The normalized spacial score (nSPS) is 14.7. The molecule has 3 N–H and O–H groups in total. The second-order valence-corrected chi connectivity index (χ2v) is 7.39. The molecule has 0 aliphatic heterocycles. The van der Waals surface area contributed by atoms with E-state index in [0.29, 0.717) is 30.6 Å². The summed E-state index contributed by atoms with van der Waals surface area (Å²) in [5.41, 5.74) is 1.01. The van der Waals surface area contributed by atoms with E-state index in [1.165, 1.54) is 19.3 Å². The summed E-state index contributed by atoms with van der Waals surface area (Å²) in [4.78, 5) is 23.6. The van der Waals surface area contributed by atoms with Crippen LogP contribution in [-0.4, -0.2) is 24.5 Å². The molecule has 6 heteroatoms. The number of hydrogen-bond acceptors (Lipinski definition) is 2. The van der Waals surface area contributed by atoms with Gasteiger partial charge < -0.3 is 16.0 Å². The van der Waals surface area contributed by atoms with Crippen LogP contribution in [0.25, 0.3) is 0 Å². The maximum Gasteiger partial charge on any atom is 0.315 e. The van der Waals surface area contributed by atoms with E-state index < -0.39 is 0 Å². The Hall–Kier alpha value is -1.75. The van der Waals surface area contributed by atoms with Gasteiger partial charge in [0.1, 0.15) is 0 Å². The molecule has 0 aromatic heterocycles. The van der Waals surface area contributed by atoms with Crippen LogP contribution in [0.5, 0.6) is 0 Å². The maximum atomic E-state index is 11.9. The summed E-state index contributed by atoms with van der Waals surface area (Å²) in [6.45, 7) is 1.10. The van der Waals surface area contributed by atoms with E-state index in [1.54, 1.807) is 12.1 Å². The zero-order valence-electron chi connectivity index (χ0n) is 15.4. The van der Waals surface area contributed by atoms with Gasteiger partial charge in [0.15, 0.2) is 0 Å². The number of nitrogens with one attached hydrogen (secondary N) is 3. The number of unbranched alkanes of at least 4 members (excludes halogenated alkanes) is 2. The molecular formula is C20H30ClN3O2. The van der Waals surface area contributed by atoms with Gasteiger partial charge in [0.25, 0.3) is 0 Å². The molecule has 1 fully saturated rings. The molecule has 0 radical (unpaired) electrons. The Bertz CT molecular complexity index is 557. The first-order valence-electron chi connectivity index (χ1n) is 9.69. The largest absolute Gasteiger partial charge is 0.353 e. The van der Waals surface area contributed by atoms with Gasteiger partial charge in [-0.3, -0.25) is 4.79 Å². The average Bonchev–Trinajstić information content (AvgIpc) is 2.65. The maximum absolute atomic E-state index is 11.9. The van der Waals surface area contributed by atoms with Crippen LogP contribution in [0.15, 0.2) is 24.3 Å².